The van der Waals surface area contributed by atoms with Crippen LogP contribution < -0.4 is 10.5 Å². The maximum atomic E-state index is 13.4. The van der Waals surface area contributed by atoms with Gasteiger partial charge in [-0.15, -0.1) is 0 Å². The smallest absolute Gasteiger partial charge is 0.272 e. The Labute approximate surface area is 182 Å². The van der Waals surface area contributed by atoms with Crippen LogP contribution in [0, 0.1) is 25.2 Å². The van der Waals surface area contributed by atoms with Gasteiger partial charge in [-0.2, -0.15) is 14.8 Å². The Balaban J connectivity index is 1.83. The molecule has 1 amide bonds. The van der Waals surface area contributed by atoms with Gasteiger partial charge in [0.2, 0.25) is 5.95 Å². The second kappa shape index (κ2) is 8.05. The third-order valence-corrected chi connectivity index (χ3v) is 5.19. The van der Waals surface area contributed by atoms with Gasteiger partial charge in [0.1, 0.15) is 0 Å². The molecule has 0 saturated heterocycles. The van der Waals surface area contributed by atoms with Gasteiger partial charge in [-0.05, 0) is 55.8 Å². The number of anilines is 1. The van der Waals surface area contributed by atoms with E-state index in [0.29, 0.717) is 27.4 Å². The van der Waals surface area contributed by atoms with Crippen molar-refractivity contribution in [2.75, 3.05) is 4.90 Å². The van der Waals surface area contributed by atoms with E-state index >= 15 is 0 Å². The van der Waals surface area contributed by atoms with Crippen LogP contribution in [0.25, 0.3) is 5.78 Å². The molecule has 8 nitrogen and oxygen atoms in total. The van der Waals surface area contributed by atoms with E-state index in [9.17, 15) is 14.9 Å². The summed E-state index contributed by atoms with van der Waals surface area (Å²) in [7, 11) is 0. The Kier molecular flexibility index (Phi) is 5.28. The SMILES string of the molecule is Cc1nc2nc(N(Cc3cccc(C#N)c3)C(=O)c3ccc(Cl)cc3)[nH]n2c(=O)c1C. The number of aromatic amines is 1. The molecule has 31 heavy (non-hydrogen) atoms. The summed E-state index contributed by atoms with van der Waals surface area (Å²) in [5, 5.41) is 12.6. The molecule has 4 aromatic rings. The van der Waals surface area contributed by atoms with Crippen LogP contribution in [0.1, 0.15) is 32.7 Å². The Morgan fingerprint density at radius 1 is 1.19 bits per heavy atom. The van der Waals surface area contributed by atoms with Crippen LogP contribution in [-0.2, 0) is 6.54 Å². The summed E-state index contributed by atoms with van der Waals surface area (Å²) in [6, 6.07) is 15.5. The first-order chi connectivity index (χ1) is 14.9. The fourth-order valence-electron chi connectivity index (χ4n) is 3.13. The van der Waals surface area contributed by atoms with Crippen molar-refractivity contribution >= 4 is 29.2 Å². The van der Waals surface area contributed by atoms with E-state index in [1.807, 2.05) is 6.07 Å². The average molecular weight is 433 g/mol. The number of benzene rings is 2. The minimum Gasteiger partial charge on any atom is -0.272 e. The van der Waals surface area contributed by atoms with Crippen LogP contribution in [0.2, 0.25) is 5.02 Å². The lowest BCUT2D eigenvalue weighted by molar-refractivity contribution is 0.0983. The van der Waals surface area contributed by atoms with E-state index in [0.717, 1.165) is 5.56 Å². The van der Waals surface area contributed by atoms with Gasteiger partial charge in [0.05, 0.1) is 18.2 Å². The number of nitriles is 1. The molecular formula is C22H17ClN6O2. The van der Waals surface area contributed by atoms with E-state index in [-0.39, 0.29) is 29.7 Å². The number of rotatable bonds is 4. The van der Waals surface area contributed by atoms with Gasteiger partial charge in [-0.1, -0.05) is 23.7 Å². The van der Waals surface area contributed by atoms with Crippen molar-refractivity contribution in [1.82, 2.24) is 19.6 Å². The third-order valence-electron chi connectivity index (χ3n) is 4.94. The highest BCUT2D eigenvalue weighted by atomic mass is 35.5. The van der Waals surface area contributed by atoms with Gasteiger partial charge in [-0.3, -0.25) is 19.6 Å². The number of aromatic nitrogens is 4. The summed E-state index contributed by atoms with van der Waals surface area (Å²) < 4.78 is 1.21. The van der Waals surface area contributed by atoms with Crippen molar-refractivity contribution in [3.8, 4) is 6.07 Å². The molecule has 0 aliphatic heterocycles. The number of halogens is 1. The second-order valence-corrected chi connectivity index (χ2v) is 7.46. The minimum atomic E-state index is -0.348. The molecule has 2 heterocycles. The molecule has 0 atom stereocenters. The lowest BCUT2D eigenvalue weighted by Gasteiger charge is -2.20. The van der Waals surface area contributed by atoms with Crippen molar-refractivity contribution in [2.24, 2.45) is 0 Å². The molecule has 0 bridgehead atoms. The summed E-state index contributed by atoms with van der Waals surface area (Å²) in [5.74, 6) is -0.0146. The van der Waals surface area contributed by atoms with Gasteiger partial charge in [0.25, 0.3) is 17.2 Å². The van der Waals surface area contributed by atoms with Gasteiger partial charge >= 0.3 is 0 Å². The first-order valence-electron chi connectivity index (χ1n) is 9.40. The highest BCUT2D eigenvalue weighted by molar-refractivity contribution is 6.30. The van der Waals surface area contributed by atoms with Gasteiger partial charge < -0.3 is 0 Å². The van der Waals surface area contributed by atoms with Crippen molar-refractivity contribution in [3.05, 3.63) is 91.9 Å². The zero-order valence-electron chi connectivity index (χ0n) is 16.8. The highest BCUT2D eigenvalue weighted by Gasteiger charge is 2.23. The Morgan fingerprint density at radius 3 is 2.65 bits per heavy atom. The number of nitrogens with one attached hydrogen (secondary N) is 1. The molecule has 2 aromatic carbocycles. The summed E-state index contributed by atoms with van der Waals surface area (Å²) in [5.41, 5.74) is 2.38. The minimum absolute atomic E-state index is 0.128. The molecule has 9 heteroatoms. The quantitative estimate of drug-likeness (QED) is 0.531. The van der Waals surface area contributed by atoms with Gasteiger partial charge in [-0.25, -0.2) is 4.98 Å². The summed E-state index contributed by atoms with van der Waals surface area (Å²) >= 11 is 5.96. The topological polar surface area (TPSA) is 107 Å². The van der Waals surface area contributed by atoms with Crippen molar-refractivity contribution < 1.29 is 4.79 Å². The largest absolute Gasteiger partial charge is 0.277 e. The van der Waals surface area contributed by atoms with E-state index in [2.05, 4.69) is 21.1 Å². The Bertz CT molecular complexity index is 1400. The number of fused-ring (bicyclic) bond motifs is 1. The molecule has 0 spiro atoms. The molecule has 0 saturated carbocycles. The predicted molar refractivity (Wildman–Crippen MR) is 116 cm³/mol. The van der Waals surface area contributed by atoms with Gasteiger partial charge in [0, 0.05) is 21.8 Å². The molecule has 4 rings (SSSR count). The zero-order valence-corrected chi connectivity index (χ0v) is 17.5. The maximum Gasteiger partial charge on any atom is 0.277 e. The summed E-state index contributed by atoms with van der Waals surface area (Å²) in [6.45, 7) is 3.54. The average Bonchev–Trinajstić information content (AvgIpc) is 3.20. The van der Waals surface area contributed by atoms with Crippen LogP contribution >= 0.6 is 11.6 Å². The van der Waals surface area contributed by atoms with Crippen molar-refractivity contribution in [2.45, 2.75) is 20.4 Å². The molecule has 154 valence electrons. The fraction of sp³-hybridized carbons (Fsp3) is 0.136. The van der Waals surface area contributed by atoms with Crippen LogP contribution in [-0.4, -0.2) is 25.5 Å². The van der Waals surface area contributed by atoms with E-state index in [4.69, 9.17) is 11.6 Å². The lowest BCUT2D eigenvalue weighted by Crippen LogP contribution is -2.31. The first-order valence-corrected chi connectivity index (χ1v) is 9.77. The first kappa shape index (κ1) is 20.3. The third kappa shape index (κ3) is 3.91. The molecule has 1 N–H and O–H groups in total. The monoisotopic (exact) mass is 432 g/mol. The van der Waals surface area contributed by atoms with Crippen LogP contribution in [0.3, 0.4) is 0 Å². The van der Waals surface area contributed by atoms with E-state index in [1.54, 1.807) is 56.3 Å². The summed E-state index contributed by atoms with van der Waals surface area (Å²) in [4.78, 5) is 36.1. The standard InChI is InChI=1S/C22H17ClN6O2/c1-13-14(2)25-21-26-22(27-29(21)19(13)30)28(12-16-5-3-4-15(10-16)11-24)20(31)17-6-8-18(23)9-7-17/h3-10H,12H2,1-2H3,(H,25,26,27). The number of hydrogen-bond acceptors (Lipinski definition) is 5. The highest BCUT2D eigenvalue weighted by Crippen LogP contribution is 2.19. The van der Waals surface area contributed by atoms with Crippen LogP contribution in [0.5, 0.6) is 0 Å². The number of carbonyl (C=O) groups excluding carboxylic acids is 1. The second-order valence-electron chi connectivity index (χ2n) is 7.02. The molecule has 0 radical (unpaired) electrons. The number of H-pyrrole nitrogens is 1. The number of carbonyl (C=O) groups is 1. The predicted octanol–water partition coefficient (Wildman–Crippen LogP) is 3.41. The molecule has 0 unspecified atom stereocenters. The number of hydrogen-bond donors (Lipinski definition) is 1. The van der Waals surface area contributed by atoms with Gasteiger partial charge in [0.15, 0.2) is 0 Å². The van der Waals surface area contributed by atoms with Crippen molar-refractivity contribution in [1.29, 1.82) is 5.26 Å². The molecule has 0 fully saturated rings. The number of nitrogens with zero attached hydrogens (tertiary/aromatic N) is 5. The molecule has 2 aromatic heterocycles. The number of aryl methyl sites for hydroxylation is 1. The van der Waals surface area contributed by atoms with Crippen LogP contribution in [0.4, 0.5) is 5.95 Å². The number of amides is 1. The fourth-order valence-corrected chi connectivity index (χ4v) is 3.25. The molecule has 0 aliphatic rings. The zero-order chi connectivity index (χ0) is 22.1. The Hall–Kier alpha value is -3.96. The lowest BCUT2D eigenvalue weighted by atomic mass is 10.1. The van der Waals surface area contributed by atoms with Crippen LogP contribution in [0.15, 0.2) is 53.3 Å². The van der Waals surface area contributed by atoms with E-state index in [1.165, 1.54) is 9.42 Å². The molecular weight excluding hydrogens is 416 g/mol. The Morgan fingerprint density at radius 2 is 1.94 bits per heavy atom. The molecule has 0 aliphatic carbocycles. The normalized spacial score (nSPS) is 10.8. The van der Waals surface area contributed by atoms with Crippen molar-refractivity contribution in [3.63, 3.8) is 0 Å². The van der Waals surface area contributed by atoms with E-state index < -0.39 is 0 Å². The summed E-state index contributed by atoms with van der Waals surface area (Å²) in [6.07, 6.45) is 0. The maximum absolute atomic E-state index is 13.4.